The molecule has 2 aliphatic carbocycles. The molecule has 0 aromatic carbocycles. The lowest BCUT2D eigenvalue weighted by Crippen LogP contribution is -2.34. The lowest BCUT2D eigenvalue weighted by Gasteiger charge is -2.27. The van der Waals surface area contributed by atoms with Gasteiger partial charge in [-0.2, -0.15) is 0 Å². The maximum absolute atomic E-state index is 6.08. The molecule has 1 atom stereocenters. The van der Waals surface area contributed by atoms with Crippen molar-refractivity contribution >= 4 is 0 Å². The Hall–Kier alpha value is -0.0400. The van der Waals surface area contributed by atoms with E-state index in [9.17, 15) is 0 Å². The van der Waals surface area contributed by atoms with Gasteiger partial charge in [-0.1, -0.05) is 19.3 Å². The molecule has 10 heavy (non-hydrogen) atoms. The molecule has 1 spiro atoms. The van der Waals surface area contributed by atoms with Crippen LogP contribution in [0.4, 0.5) is 0 Å². The van der Waals surface area contributed by atoms with E-state index in [1.165, 1.54) is 44.9 Å². The molecule has 0 aliphatic heterocycles. The van der Waals surface area contributed by atoms with Gasteiger partial charge in [0.2, 0.25) is 0 Å². The predicted molar refractivity (Wildman–Crippen MR) is 42.7 cm³/mol. The van der Waals surface area contributed by atoms with Crippen molar-refractivity contribution in [3.05, 3.63) is 0 Å². The Labute approximate surface area is 63.0 Å². The van der Waals surface area contributed by atoms with E-state index < -0.39 is 0 Å². The van der Waals surface area contributed by atoms with Crippen LogP contribution in [0.2, 0.25) is 0 Å². The fourth-order valence-corrected chi connectivity index (χ4v) is 2.87. The van der Waals surface area contributed by atoms with E-state index in [0.717, 1.165) is 0 Å². The van der Waals surface area contributed by atoms with Crippen LogP contribution in [-0.4, -0.2) is 6.04 Å². The minimum absolute atomic E-state index is 0.551. The Balaban J connectivity index is 2.11. The first-order valence-corrected chi connectivity index (χ1v) is 4.59. The molecule has 2 rings (SSSR count). The van der Waals surface area contributed by atoms with Gasteiger partial charge in [-0.25, -0.2) is 0 Å². The molecule has 2 aliphatic rings. The topological polar surface area (TPSA) is 26.0 Å². The van der Waals surface area contributed by atoms with Crippen molar-refractivity contribution in [2.75, 3.05) is 0 Å². The van der Waals surface area contributed by atoms with Crippen LogP contribution in [0.25, 0.3) is 0 Å². The van der Waals surface area contributed by atoms with E-state index in [2.05, 4.69) is 0 Å². The van der Waals surface area contributed by atoms with Gasteiger partial charge in [-0.3, -0.25) is 0 Å². The molecule has 0 aromatic heterocycles. The van der Waals surface area contributed by atoms with Crippen molar-refractivity contribution in [2.45, 2.75) is 51.0 Å². The average Bonchev–Trinajstić information content (AvgIpc) is 2.48. The van der Waals surface area contributed by atoms with Gasteiger partial charge in [0.05, 0.1) is 0 Å². The summed E-state index contributed by atoms with van der Waals surface area (Å²) in [5, 5.41) is 0. The summed E-state index contributed by atoms with van der Waals surface area (Å²) in [5.41, 5.74) is 6.70. The van der Waals surface area contributed by atoms with E-state index in [1.54, 1.807) is 0 Å². The molecule has 0 bridgehead atoms. The highest BCUT2D eigenvalue weighted by Gasteiger charge is 2.42. The van der Waals surface area contributed by atoms with Gasteiger partial charge >= 0.3 is 0 Å². The maximum atomic E-state index is 6.08. The summed E-state index contributed by atoms with van der Waals surface area (Å²) in [7, 11) is 0. The third-order valence-electron chi connectivity index (χ3n) is 3.58. The van der Waals surface area contributed by atoms with Crippen molar-refractivity contribution in [3.63, 3.8) is 0 Å². The zero-order valence-corrected chi connectivity index (χ0v) is 6.60. The van der Waals surface area contributed by atoms with E-state index in [1.807, 2.05) is 0 Å². The molecule has 0 radical (unpaired) electrons. The number of rotatable bonds is 0. The van der Waals surface area contributed by atoms with Crippen LogP contribution in [0.15, 0.2) is 0 Å². The van der Waals surface area contributed by atoms with Crippen LogP contribution in [0.1, 0.15) is 44.9 Å². The molecule has 58 valence electrons. The van der Waals surface area contributed by atoms with Crippen molar-refractivity contribution in [1.82, 2.24) is 0 Å². The van der Waals surface area contributed by atoms with Crippen LogP contribution >= 0.6 is 0 Å². The van der Waals surface area contributed by atoms with Crippen LogP contribution in [0.5, 0.6) is 0 Å². The minimum atomic E-state index is 0.551. The molecule has 0 amide bonds. The van der Waals surface area contributed by atoms with Gasteiger partial charge < -0.3 is 5.73 Å². The van der Waals surface area contributed by atoms with Crippen molar-refractivity contribution < 1.29 is 0 Å². The van der Waals surface area contributed by atoms with Crippen LogP contribution in [0, 0.1) is 5.41 Å². The highest BCUT2D eigenvalue weighted by Crippen LogP contribution is 2.49. The molecule has 0 aromatic rings. The summed E-state index contributed by atoms with van der Waals surface area (Å²) < 4.78 is 0. The zero-order valence-electron chi connectivity index (χ0n) is 6.60. The number of nitrogens with two attached hydrogens (primary N) is 1. The third kappa shape index (κ3) is 0.800. The Morgan fingerprint density at radius 2 is 1.60 bits per heavy atom. The highest BCUT2D eigenvalue weighted by molar-refractivity contribution is 4.97. The Bertz CT molecular complexity index is 119. The van der Waals surface area contributed by atoms with Gasteiger partial charge in [-0.05, 0) is 31.1 Å². The fourth-order valence-electron chi connectivity index (χ4n) is 2.87. The Morgan fingerprint density at radius 3 is 2.10 bits per heavy atom. The summed E-state index contributed by atoms with van der Waals surface area (Å²) in [5.74, 6) is 0. The van der Waals surface area contributed by atoms with Crippen LogP contribution < -0.4 is 5.73 Å². The Kier molecular flexibility index (Phi) is 1.48. The second-order valence-electron chi connectivity index (χ2n) is 4.07. The second-order valence-corrected chi connectivity index (χ2v) is 4.07. The van der Waals surface area contributed by atoms with Crippen LogP contribution in [0.3, 0.4) is 0 Å². The molecular weight excluding hydrogens is 122 g/mol. The van der Waals surface area contributed by atoms with E-state index in [-0.39, 0.29) is 0 Å². The second kappa shape index (κ2) is 2.23. The molecule has 2 N–H and O–H groups in total. The van der Waals surface area contributed by atoms with E-state index in [4.69, 9.17) is 5.73 Å². The molecule has 0 unspecified atom stereocenters. The molecule has 0 heterocycles. The average molecular weight is 139 g/mol. The molecule has 1 heteroatoms. The predicted octanol–water partition coefficient (Wildman–Crippen LogP) is 2.06. The highest BCUT2D eigenvalue weighted by atomic mass is 14.7. The first kappa shape index (κ1) is 6.66. The van der Waals surface area contributed by atoms with Crippen LogP contribution in [-0.2, 0) is 0 Å². The normalized spacial score (nSPS) is 37.5. The summed E-state index contributed by atoms with van der Waals surface area (Å²) in [6, 6.07) is 0.551. The van der Waals surface area contributed by atoms with Crippen molar-refractivity contribution in [3.8, 4) is 0 Å². The van der Waals surface area contributed by atoms with Crippen molar-refractivity contribution in [2.24, 2.45) is 11.1 Å². The van der Waals surface area contributed by atoms with Gasteiger partial charge in [0.1, 0.15) is 0 Å². The first-order valence-electron chi connectivity index (χ1n) is 4.59. The third-order valence-corrected chi connectivity index (χ3v) is 3.58. The molecule has 2 saturated carbocycles. The summed E-state index contributed by atoms with van der Waals surface area (Å²) in [4.78, 5) is 0. The first-order chi connectivity index (χ1) is 4.83. The maximum Gasteiger partial charge on any atom is 0.00955 e. The van der Waals surface area contributed by atoms with Gasteiger partial charge in [0.25, 0.3) is 0 Å². The summed E-state index contributed by atoms with van der Waals surface area (Å²) >= 11 is 0. The summed E-state index contributed by atoms with van der Waals surface area (Å²) in [6.07, 6.45) is 9.83. The van der Waals surface area contributed by atoms with Gasteiger partial charge in [0, 0.05) is 6.04 Å². The quantitative estimate of drug-likeness (QED) is 0.546. The lowest BCUT2D eigenvalue weighted by molar-refractivity contribution is 0.269. The smallest absolute Gasteiger partial charge is 0.00955 e. The fraction of sp³-hybridized carbons (Fsp3) is 1.00. The van der Waals surface area contributed by atoms with Crippen molar-refractivity contribution in [1.29, 1.82) is 0 Å². The van der Waals surface area contributed by atoms with E-state index in [0.29, 0.717) is 11.5 Å². The van der Waals surface area contributed by atoms with Gasteiger partial charge in [0.15, 0.2) is 0 Å². The zero-order chi connectivity index (χ0) is 7.03. The SMILES string of the molecule is N[C@@H]1CCCC12CCCC2. The largest absolute Gasteiger partial charge is 0.327 e. The monoisotopic (exact) mass is 139 g/mol. The lowest BCUT2D eigenvalue weighted by atomic mass is 9.81. The Morgan fingerprint density at radius 1 is 1.00 bits per heavy atom. The molecule has 0 saturated heterocycles. The standard InChI is InChI=1S/C9H17N/c10-8-4-3-7-9(8)5-1-2-6-9/h8H,1-7,10H2/t8-/m1/s1. The van der Waals surface area contributed by atoms with E-state index >= 15 is 0 Å². The number of hydrogen-bond acceptors (Lipinski definition) is 1. The van der Waals surface area contributed by atoms with Gasteiger partial charge in [-0.15, -0.1) is 0 Å². The number of hydrogen-bond donors (Lipinski definition) is 1. The summed E-state index contributed by atoms with van der Waals surface area (Å²) in [6.45, 7) is 0. The molecule has 2 fully saturated rings. The minimum Gasteiger partial charge on any atom is -0.327 e. The molecular formula is C9H17N. The molecule has 1 nitrogen and oxygen atoms in total.